The minimum Gasteiger partial charge on any atom is -0.352 e. The van der Waals surface area contributed by atoms with E-state index in [0.29, 0.717) is 35.7 Å². The Morgan fingerprint density at radius 3 is 2.35 bits per heavy atom. The highest BCUT2D eigenvalue weighted by atomic mass is 35.5. The van der Waals surface area contributed by atoms with Gasteiger partial charge < -0.3 is 10.2 Å². The average Bonchev–Trinajstić information content (AvgIpc) is 2.86. The Balaban J connectivity index is 1.88. The van der Waals surface area contributed by atoms with Crippen molar-refractivity contribution in [3.8, 4) is 0 Å². The molecule has 7 nitrogen and oxygen atoms in total. The number of halogens is 1. The summed E-state index contributed by atoms with van der Waals surface area (Å²) in [5, 5.41) is 3.64. The number of amides is 2. The molecule has 0 saturated heterocycles. The van der Waals surface area contributed by atoms with Crippen LogP contribution in [0.4, 0.5) is 5.69 Å². The van der Waals surface area contributed by atoms with Crippen LogP contribution < -0.4 is 9.62 Å². The number of sulfonamides is 1. The summed E-state index contributed by atoms with van der Waals surface area (Å²) in [5.41, 5.74) is 2.07. The number of hydrogen-bond acceptors (Lipinski definition) is 4. The molecule has 1 N–H and O–H groups in total. The van der Waals surface area contributed by atoms with E-state index in [-0.39, 0.29) is 11.9 Å². The molecule has 0 aromatic heterocycles. The smallest absolute Gasteiger partial charge is 0.244 e. The molecule has 1 atom stereocenters. The molecular formula is C28H38ClN3O4S. The van der Waals surface area contributed by atoms with E-state index in [9.17, 15) is 18.0 Å². The number of carbonyl (C=O) groups excluding carboxylic acids is 2. The molecule has 9 heteroatoms. The number of rotatable bonds is 11. The quantitative estimate of drug-likeness (QED) is 0.441. The minimum atomic E-state index is -3.78. The molecule has 37 heavy (non-hydrogen) atoms. The third-order valence-electron chi connectivity index (χ3n) is 6.93. The van der Waals surface area contributed by atoms with Gasteiger partial charge in [-0.15, -0.1) is 0 Å². The van der Waals surface area contributed by atoms with E-state index in [1.807, 2.05) is 37.3 Å². The van der Waals surface area contributed by atoms with Crippen LogP contribution in [-0.2, 0) is 26.0 Å². The Morgan fingerprint density at radius 2 is 1.76 bits per heavy atom. The number of nitrogens with one attached hydrogen (secondary N) is 1. The number of aryl methyl sites for hydroxylation is 1. The fourth-order valence-electron chi connectivity index (χ4n) is 4.93. The van der Waals surface area contributed by atoms with Crippen molar-refractivity contribution in [3.05, 3.63) is 64.7 Å². The molecule has 0 bridgehead atoms. The lowest BCUT2D eigenvalue weighted by atomic mass is 9.95. The zero-order chi connectivity index (χ0) is 27.0. The van der Waals surface area contributed by atoms with Crippen molar-refractivity contribution in [3.63, 3.8) is 0 Å². The lowest BCUT2D eigenvalue weighted by Gasteiger charge is -2.34. The van der Waals surface area contributed by atoms with Crippen molar-refractivity contribution in [1.82, 2.24) is 10.2 Å². The highest BCUT2D eigenvalue weighted by Gasteiger charge is 2.32. The number of benzene rings is 2. The molecule has 1 aliphatic carbocycles. The third kappa shape index (κ3) is 8.20. The van der Waals surface area contributed by atoms with Crippen LogP contribution in [0, 0.1) is 6.92 Å². The number of nitrogens with zero attached hydrogens (tertiary/aromatic N) is 2. The largest absolute Gasteiger partial charge is 0.352 e. The highest BCUT2D eigenvalue weighted by Crippen LogP contribution is 2.26. The normalized spacial score (nSPS) is 15.1. The van der Waals surface area contributed by atoms with Crippen molar-refractivity contribution in [2.75, 3.05) is 23.7 Å². The SMILES string of the molecule is CCC(C(=O)NC1CCCCC1)N(CCc1ccccc1)C(=O)CN(c1ccc(Cl)cc1C)S(C)(=O)=O. The van der Waals surface area contributed by atoms with Gasteiger partial charge in [-0.2, -0.15) is 0 Å². The molecule has 1 unspecified atom stereocenters. The van der Waals surface area contributed by atoms with Crippen LogP contribution in [0.1, 0.15) is 56.6 Å². The van der Waals surface area contributed by atoms with Crippen LogP contribution in [0.2, 0.25) is 5.02 Å². The van der Waals surface area contributed by atoms with Gasteiger partial charge in [0, 0.05) is 17.6 Å². The fraction of sp³-hybridized carbons (Fsp3) is 0.500. The van der Waals surface area contributed by atoms with Crippen LogP contribution >= 0.6 is 11.6 Å². The highest BCUT2D eigenvalue weighted by molar-refractivity contribution is 7.92. The van der Waals surface area contributed by atoms with E-state index >= 15 is 0 Å². The fourth-order valence-corrected chi connectivity index (χ4v) is 6.07. The van der Waals surface area contributed by atoms with E-state index in [1.165, 1.54) is 6.42 Å². The number of anilines is 1. The molecule has 2 amide bonds. The minimum absolute atomic E-state index is 0.116. The maximum absolute atomic E-state index is 13.8. The molecule has 2 aromatic rings. The molecule has 3 rings (SSSR count). The Kier molecular flexibility index (Phi) is 10.4. The summed E-state index contributed by atoms with van der Waals surface area (Å²) in [5.74, 6) is -0.592. The molecule has 2 aromatic carbocycles. The molecule has 0 heterocycles. The summed E-state index contributed by atoms with van der Waals surface area (Å²) < 4.78 is 26.7. The molecule has 0 radical (unpaired) electrons. The first kappa shape index (κ1) is 29.0. The average molecular weight is 548 g/mol. The Labute approximate surface area is 226 Å². The standard InChI is InChI=1S/C28H38ClN3O4S/c1-4-25(28(34)30-24-13-9-6-10-14-24)31(18-17-22-11-7-5-8-12-22)27(33)20-32(37(3,35)36)26-16-15-23(29)19-21(26)2/h5,7-8,11-12,15-16,19,24-25H,4,6,9-10,13-14,17-18,20H2,1-3H3,(H,30,34). The monoisotopic (exact) mass is 547 g/mol. The summed E-state index contributed by atoms with van der Waals surface area (Å²) in [7, 11) is -3.78. The second-order valence-corrected chi connectivity index (χ2v) is 12.1. The lowest BCUT2D eigenvalue weighted by Crippen LogP contribution is -2.54. The Hall–Kier alpha value is -2.58. The van der Waals surface area contributed by atoms with Gasteiger partial charge >= 0.3 is 0 Å². The molecule has 1 fully saturated rings. The molecule has 1 saturated carbocycles. The summed E-state index contributed by atoms with van der Waals surface area (Å²) in [6.07, 6.45) is 7.29. The van der Waals surface area contributed by atoms with Crippen molar-refractivity contribution >= 4 is 39.1 Å². The molecule has 1 aliphatic rings. The zero-order valence-corrected chi connectivity index (χ0v) is 23.5. The van der Waals surface area contributed by atoms with E-state index < -0.39 is 28.5 Å². The third-order valence-corrected chi connectivity index (χ3v) is 8.29. The number of hydrogen-bond donors (Lipinski definition) is 1. The van der Waals surface area contributed by atoms with Crippen molar-refractivity contribution in [2.45, 2.75) is 70.9 Å². The van der Waals surface area contributed by atoms with Gasteiger partial charge in [-0.05, 0) is 61.9 Å². The second kappa shape index (κ2) is 13.3. The molecule has 0 spiro atoms. The molecular weight excluding hydrogens is 510 g/mol. The van der Waals surface area contributed by atoms with Crippen LogP contribution in [0.3, 0.4) is 0 Å². The predicted molar refractivity (Wildman–Crippen MR) is 149 cm³/mol. The van der Waals surface area contributed by atoms with Gasteiger partial charge in [0.2, 0.25) is 21.8 Å². The zero-order valence-electron chi connectivity index (χ0n) is 22.0. The van der Waals surface area contributed by atoms with Gasteiger partial charge in [0.15, 0.2) is 0 Å². The molecule has 0 aliphatic heterocycles. The van der Waals surface area contributed by atoms with E-state index in [2.05, 4.69) is 5.32 Å². The summed E-state index contributed by atoms with van der Waals surface area (Å²) >= 11 is 6.08. The maximum Gasteiger partial charge on any atom is 0.244 e. The van der Waals surface area contributed by atoms with Gasteiger partial charge in [-0.1, -0.05) is 68.1 Å². The van der Waals surface area contributed by atoms with Crippen LogP contribution in [-0.4, -0.2) is 56.6 Å². The summed E-state index contributed by atoms with van der Waals surface area (Å²) in [4.78, 5) is 28.7. The Bertz CT molecular complexity index is 1170. The van der Waals surface area contributed by atoms with E-state index in [1.54, 1.807) is 30.0 Å². The van der Waals surface area contributed by atoms with Gasteiger partial charge in [-0.3, -0.25) is 13.9 Å². The maximum atomic E-state index is 13.8. The van der Waals surface area contributed by atoms with Gasteiger partial charge in [0.05, 0.1) is 11.9 Å². The first-order chi connectivity index (χ1) is 17.6. The topological polar surface area (TPSA) is 86.8 Å². The number of carbonyl (C=O) groups is 2. The summed E-state index contributed by atoms with van der Waals surface area (Å²) in [6.45, 7) is 3.54. The van der Waals surface area contributed by atoms with Crippen LogP contribution in [0.15, 0.2) is 48.5 Å². The van der Waals surface area contributed by atoms with Crippen molar-refractivity contribution in [2.24, 2.45) is 0 Å². The van der Waals surface area contributed by atoms with Gasteiger partial charge in [0.1, 0.15) is 12.6 Å². The van der Waals surface area contributed by atoms with Gasteiger partial charge in [-0.25, -0.2) is 8.42 Å². The Morgan fingerprint density at radius 1 is 1.08 bits per heavy atom. The van der Waals surface area contributed by atoms with Gasteiger partial charge in [0.25, 0.3) is 0 Å². The summed E-state index contributed by atoms with van der Waals surface area (Å²) in [6, 6.07) is 14.1. The first-order valence-electron chi connectivity index (χ1n) is 13.0. The van der Waals surface area contributed by atoms with E-state index in [0.717, 1.165) is 41.8 Å². The predicted octanol–water partition coefficient (Wildman–Crippen LogP) is 4.71. The van der Waals surface area contributed by atoms with Crippen LogP contribution in [0.25, 0.3) is 0 Å². The van der Waals surface area contributed by atoms with Crippen molar-refractivity contribution < 1.29 is 18.0 Å². The second-order valence-electron chi connectivity index (χ2n) is 9.79. The van der Waals surface area contributed by atoms with E-state index in [4.69, 9.17) is 11.6 Å². The van der Waals surface area contributed by atoms with Crippen LogP contribution in [0.5, 0.6) is 0 Å². The lowest BCUT2D eigenvalue weighted by molar-refractivity contribution is -0.140. The van der Waals surface area contributed by atoms with Crippen molar-refractivity contribution in [1.29, 1.82) is 0 Å². The first-order valence-corrected chi connectivity index (χ1v) is 15.2. The molecule has 202 valence electrons.